The number of nitrogens with one attached hydrogen (secondary N) is 3. The maximum atomic E-state index is 13.8. The number of ether oxygens (including phenoxy) is 1. The molecule has 7 heteroatoms. The maximum absolute atomic E-state index is 13.8. The van der Waals surface area contributed by atoms with Crippen LogP contribution in [0.15, 0.2) is 18.2 Å². The highest BCUT2D eigenvalue weighted by Gasteiger charge is 2.30. The van der Waals surface area contributed by atoms with Gasteiger partial charge < -0.3 is 19.9 Å². The standard InChI is InChI=1S/C20H26FN3O3/c1-4-27-20(26)18-17(15-11-14(21)5-6-16(15)22-18)23-19(25)13(3)24-9-7-12(2)8-10-24/h5-6,11-13,22H,4,7-10H2,1-3H3,(H,23,25)/p+1/t13-/m0/s1. The first-order valence-electron chi connectivity index (χ1n) is 9.54. The summed E-state index contributed by atoms with van der Waals surface area (Å²) in [4.78, 5) is 29.3. The van der Waals surface area contributed by atoms with Crippen molar-refractivity contribution in [3.63, 3.8) is 0 Å². The van der Waals surface area contributed by atoms with Gasteiger partial charge in [0.05, 0.1) is 25.4 Å². The molecule has 1 saturated heterocycles. The quantitative estimate of drug-likeness (QED) is 0.700. The van der Waals surface area contributed by atoms with E-state index >= 15 is 0 Å². The number of halogens is 1. The SMILES string of the molecule is CCOC(=O)c1[nH]c2ccc(F)cc2c1NC(=O)[C@H](C)[NH+]1CCC(C)CC1. The number of fused-ring (bicyclic) bond motifs is 1. The highest BCUT2D eigenvalue weighted by atomic mass is 19.1. The van der Waals surface area contributed by atoms with Crippen molar-refractivity contribution < 1.29 is 23.6 Å². The minimum absolute atomic E-state index is 0.139. The summed E-state index contributed by atoms with van der Waals surface area (Å²) >= 11 is 0. The molecule has 1 fully saturated rings. The van der Waals surface area contributed by atoms with Crippen molar-refractivity contribution in [2.45, 2.75) is 39.7 Å². The molecule has 146 valence electrons. The number of likely N-dealkylation sites (tertiary alicyclic amines) is 1. The molecule has 6 nitrogen and oxygen atoms in total. The topological polar surface area (TPSA) is 75.6 Å². The second kappa shape index (κ2) is 8.08. The molecule has 3 rings (SSSR count). The number of aromatic amines is 1. The van der Waals surface area contributed by atoms with Crippen molar-refractivity contribution in [2.75, 3.05) is 25.0 Å². The van der Waals surface area contributed by atoms with Gasteiger partial charge >= 0.3 is 5.97 Å². The van der Waals surface area contributed by atoms with Crippen LogP contribution in [0.2, 0.25) is 0 Å². The summed E-state index contributed by atoms with van der Waals surface area (Å²) in [5, 5.41) is 3.31. The Balaban J connectivity index is 1.87. The fraction of sp³-hybridized carbons (Fsp3) is 0.500. The normalized spacial score (nSPS) is 21.0. The molecule has 27 heavy (non-hydrogen) atoms. The van der Waals surface area contributed by atoms with Crippen molar-refractivity contribution in [2.24, 2.45) is 5.92 Å². The van der Waals surface area contributed by atoms with Gasteiger partial charge in [-0.2, -0.15) is 0 Å². The fourth-order valence-electron chi connectivity index (χ4n) is 3.63. The second-order valence-electron chi connectivity index (χ2n) is 7.34. The number of H-pyrrole nitrogens is 1. The van der Waals surface area contributed by atoms with E-state index in [4.69, 9.17) is 4.74 Å². The van der Waals surface area contributed by atoms with Crippen molar-refractivity contribution in [3.8, 4) is 0 Å². The van der Waals surface area contributed by atoms with Crippen LogP contribution < -0.4 is 10.2 Å². The molecule has 3 N–H and O–H groups in total. The summed E-state index contributed by atoms with van der Waals surface area (Å²) in [6, 6.07) is 3.90. The molecular formula is C20H27FN3O3+. The number of aromatic nitrogens is 1. The Labute approximate surface area is 158 Å². The molecule has 0 aliphatic carbocycles. The Bertz CT molecular complexity index is 840. The summed E-state index contributed by atoms with van der Waals surface area (Å²) < 4.78 is 18.8. The zero-order chi connectivity index (χ0) is 19.6. The number of rotatable bonds is 5. The van der Waals surface area contributed by atoms with Crippen LogP contribution in [-0.4, -0.2) is 42.6 Å². The lowest BCUT2D eigenvalue weighted by molar-refractivity contribution is -0.919. The van der Waals surface area contributed by atoms with Crippen molar-refractivity contribution in [1.29, 1.82) is 0 Å². The molecule has 2 heterocycles. The van der Waals surface area contributed by atoms with Crippen LogP contribution in [-0.2, 0) is 9.53 Å². The highest BCUT2D eigenvalue weighted by Crippen LogP contribution is 2.29. The number of quaternary nitrogens is 1. The van der Waals surface area contributed by atoms with E-state index < -0.39 is 11.8 Å². The number of amides is 1. The minimum Gasteiger partial charge on any atom is -0.461 e. The predicted octanol–water partition coefficient (Wildman–Crippen LogP) is 2.13. The lowest BCUT2D eigenvalue weighted by atomic mass is 9.98. The summed E-state index contributed by atoms with van der Waals surface area (Å²) in [7, 11) is 0. The van der Waals surface area contributed by atoms with Crippen molar-refractivity contribution >= 4 is 28.5 Å². The molecule has 1 aromatic carbocycles. The number of hydrogen-bond donors (Lipinski definition) is 3. The third-order valence-corrected chi connectivity index (χ3v) is 5.41. The number of anilines is 1. The first kappa shape index (κ1) is 19.4. The van der Waals surface area contributed by atoms with Gasteiger partial charge in [0.15, 0.2) is 6.04 Å². The lowest BCUT2D eigenvalue weighted by Gasteiger charge is -2.31. The molecule has 0 unspecified atom stereocenters. The van der Waals surface area contributed by atoms with E-state index in [0.717, 1.165) is 25.9 Å². The number of esters is 1. The average molecular weight is 376 g/mol. The van der Waals surface area contributed by atoms with E-state index in [0.29, 0.717) is 16.8 Å². The first-order valence-corrected chi connectivity index (χ1v) is 9.54. The summed E-state index contributed by atoms with van der Waals surface area (Å²) in [6.07, 6.45) is 2.19. The summed E-state index contributed by atoms with van der Waals surface area (Å²) in [5.74, 6) is -0.501. The number of hydrogen-bond acceptors (Lipinski definition) is 3. The third-order valence-electron chi connectivity index (χ3n) is 5.41. The lowest BCUT2D eigenvalue weighted by Crippen LogP contribution is -3.17. The van der Waals surface area contributed by atoms with Gasteiger partial charge in [0.25, 0.3) is 5.91 Å². The van der Waals surface area contributed by atoms with Crippen molar-refractivity contribution in [3.05, 3.63) is 29.7 Å². The van der Waals surface area contributed by atoms with Crippen LogP contribution in [0.1, 0.15) is 44.1 Å². The van der Waals surface area contributed by atoms with Gasteiger partial charge in [0.1, 0.15) is 11.5 Å². The Hall–Kier alpha value is -2.41. The van der Waals surface area contributed by atoms with Crippen LogP contribution in [0.4, 0.5) is 10.1 Å². The van der Waals surface area contributed by atoms with Gasteiger partial charge in [0, 0.05) is 10.9 Å². The van der Waals surface area contributed by atoms with Gasteiger partial charge in [-0.3, -0.25) is 4.79 Å². The van der Waals surface area contributed by atoms with Gasteiger partial charge in [-0.15, -0.1) is 0 Å². The number of benzene rings is 1. The zero-order valence-corrected chi connectivity index (χ0v) is 16.0. The maximum Gasteiger partial charge on any atom is 0.356 e. The van der Waals surface area contributed by atoms with Gasteiger partial charge in [-0.1, -0.05) is 6.92 Å². The molecule has 0 bridgehead atoms. The van der Waals surface area contributed by atoms with E-state index in [1.165, 1.54) is 17.0 Å². The van der Waals surface area contributed by atoms with E-state index in [9.17, 15) is 14.0 Å². The Morgan fingerprint density at radius 3 is 2.74 bits per heavy atom. The van der Waals surface area contributed by atoms with Crippen LogP contribution in [0.3, 0.4) is 0 Å². The van der Waals surface area contributed by atoms with E-state index in [1.54, 1.807) is 13.0 Å². The molecule has 0 radical (unpaired) electrons. The minimum atomic E-state index is -0.573. The Morgan fingerprint density at radius 2 is 2.07 bits per heavy atom. The molecular weight excluding hydrogens is 349 g/mol. The Kier molecular flexibility index (Phi) is 5.79. The van der Waals surface area contributed by atoms with Crippen LogP contribution in [0.5, 0.6) is 0 Å². The predicted molar refractivity (Wildman–Crippen MR) is 101 cm³/mol. The zero-order valence-electron chi connectivity index (χ0n) is 16.0. The largest absolute Gasteiger partial charge is 0.461 e. The van der Waals surface area contributed by atoms with Crippen LogP contribution in [0.25, 0.3) is 10.9 Å². The first-order chi connectivity index (χ1) is 12.9. The highest BCUT2D eigenvalue weighted by molar-refractivity contribution is 6.11. The van der Waals surface area contributed by atoms with E-state index in [2.05, 4.69) is 17.2 Å². The molecule has 1 aliphatic rings. The van der Waals surface area contributed by atoms with Crippen molar-refractivity contribution in [1.82, 2.24) is 4.98 Å². The van der Waals surface area contributed by atoms with Crippen LogP contribution in [0, 0.1) is 11.7 Å². The van der Waals surface area contributed by atoms with Crippen LogP contribution >= 0.6 is 0 Å². The molecule has 2 aromatic rings. The molecule has 0 spiro atoms. The fourth-order valence-corrected chi connectivity index (χ4v) is 3.63. The average Bonchev–Trinajstić information content (AvgIpc) is 3.00. The molecule has 1 atom stereocenters. The summed E-state index contributed by atoms with van der Waals surface area (Å²) in [6.45, 7) is 7.93. The number of piperidine rings is 1. The molecule has 1 aromatic heterocycles. The van der Waals surface area contributed by atoms with Gasteiger partial charge in [-0.05, 0) is 50.8 Å². The van der Waals surface area contributed by atoms with Gasteiger partial charge in [0.2, 0.25) is 0 Å². The van der Waals surface area contributed by atoms with E-state index in [1.807, 2.05) is 6.92 Å². The molecule has 0 saturated carbocycles. The van der Waals surface area contributed by atoms with E-state index in [-0.39, 0.29) is 29.9 Å². The van der Waals surface area contributed by atoms with Gasteiger partial charge in [-0.25, -0.2) is 9.18 Å². The smallest absolute Gasteiger partial charge is 0.356 e. The number of carbonyl (C=O) groups is 2. The second-order valence-corrected chi connectivity index (χ2v) is 7.34. The third kappa shape index (κ3) is 4.13. The summed E-state index contributed by atoms with van der Waals surface area (Å²) in [5.41, 5.74) is 0.992. The Morgan fingerprint density at radius 1 is 1.37 bits per heavy atom. The monoisotopic (exact) mass is 376 g/mol. The molecule has 1 amide bonds. The number of carbonyl (C=O) groups excluding carboxylic acids is 2. The molecule has 1 aliphatic heterocycles.